The van der Waals surface area contributed by atoms with Crippen LogP contribution in [0.25, 0.3) is 22.2 Å². The van der Waals surface area contributed by atoms with E-state index in [1.165, 1.54) is 6.20 Å². The van der Waals surface area contributed by atoms with Gasteiger partial charge in [-0.3, -0.25) is 19.2 Å². The highest BCUT2D eigenvalue weighted by molar-refractivity contribution is 7.90. The Morgan fingerprint density at radius 3 is 2.48 bits per heavy atom. The van der Waals surface area contributed by atoms with Crippen molar-refractivity contribution in [2.24, 2.45) is 5.92 Å². The van der Waals surface area contributed by atoms with Crippen molar-refractivity contribution < 1.29 is 45.5 Å². The fourth-order valence-electron chi connectivity index (χ4n) is 7.36. The number of carboxylic acid groups (broad SMARTS) is 1. The summed E-state index contributed by atoms with van der Waals surface area (Å²) in [6, 6.07) is 12.9. The minimum absolute atomic E-state index is 0.00353. The Morgan fingerprint density at radius 1 is 1.03 bits per heavy atom. The predicted molar refractivity (Wildman–Crippen MR) is 210 cm³/mol. The number of benzene rings is 2. The summed E-state index contributed by atoms with van der Waals surface area (Å²) in [6.07, 6.45) is 3.33. The average Bonchev–Trinajstić information content (AvgIpc) is 3.96. The van der Waals surface area contributed by atoms with E-state index in [0.717, 1.165) is 73.3 Å². The summed E-state index contributed by atoms with van der Waals surface area (Å²) in [5.41, 5.74) is 1.24. The Morgan fingerprint density at radius 2 is 1.79 bits per heavy atom. The number of halogens is 3. The average molecular weight is 824 g/mol. The third-order valence-corrected chi connectivity index (χ3v) is 12.1. The molecule has 2 saturated heterocycles. The highest BCUT2D eigenvalue weighted by Gasteiger charge is 2.33. The minimum Gasteiger partial charge on any atom is -0.481 e. The van der Waals surface area contributed by atoms with E-state index in [1.807, 2.05) is 42.8 Å². The van der Waals surface area contributed by atoms with Gasteiger partial charge in [0.2, 0.25) is 5.78 Å². The van der Waals surface area contributed by atoms with E-state index in [0.29, 0.717) is 23.2 Å². The molecule has 58 heavy (non-hydrogen) atoms. The summed E-state index contributed by atoms with van der Waals surface area (Å²) in [5.74, 6) is -4.87. The number of nitrogens with one attached hydrogen (secondary N) is 2. The Hall–Kier alpha value is -5.46. The maximum Gasteiger partial charge on any atom is 0.314 e. The van der Waals surface area contributed by atoms with Gasteiger partial charge in [0.1, 0.15) is 23.6 Å². The Labute approximate surface area is 333 Å². The van der Waals surface area contributed by atoms with Gasteiger partial charge in [0, 0.05) is 79.9 Å². The number of aromatic nitrogens is 3. The van der Waals surface area contributed by atoms with E-state index in [4.69, 9.17) is 9.26 Å². The van der Waals surface area contributed by atoms with Crippen molar-refractivity contribution in [3.63, 3.8) is 0 Å². The first-order valence-electron chi connectivity index (χ1n) is 19.1. The number of carbonyl (C=O) groups is 2. The lowest BCUT2D eigenvalue weighted by Crippen LogP contribution is -2.46. The second-order valence-corrected chi connectivity index (χ2v) is 16.5. The number of piperazine rings is 1. The SMILES string of the molecule is CC(C)C(C(=O)O)c1cc(OCCCCN2CCN(c3ccc(-c4cnc5[nH]cc(C(=O)c6c(F)ccc(NS(=O)(=O)N7CC[C@@H](F)C7)c6F)c5c4)cc3)CC2)no1. The van der Waals surface area contributed by atoms with E-state index in [-0.39, 0.29) is 42.6 Å². The van der Waals surface area contributed by atoms with Crippen LogP contribution in [0.3, 0.4) is 0 Å². The summed E-state index contributed by atoms with van der Waals surface area (Å²) in [5, 5.41) is 13.7. The molecule has 308 valence electrons. The highest BCUT2D eigenvalue weighted by atomic mass is 32.2. The number of rotatable bonds is 16. The number of aromatic amines is 1. The Kier molecular flexibility index (Phi) is 12.1. The maximum atomic E-state index is 15.7. The molecule has 0 aliphatic carbocycles. The molecule has 18 heteroatoms. The van der Waals surface area contributed by atoms with Crippen molar-refractivity contribution in [1.82, 2.24) is 24.3 Å². The van der Waals surface area contributed by atoms with Gasteiger partial charge < -0.3 is 24.3 Å². The number of carboxylic acids is 1. The molecular formula is C40H44F3N7O7S. The lowest BCUT2D eigenvalue weighted by atomic mass is 9.94. The highest BCUT2D eigenvalue weighted by Crippen LogP contribution is 2.32. The van der Waals surface area contributed by atoms with Gasteiger partial charge in [0.25, 0.3) is 5.88 Å². The first-order chi connectivity index (χ1) is 27.8. The Bertz CT molecular complexity index is 2380. The molecule has 2 aliphatic heterocycles. The first-order valence-corrected chi connectivity index (χ1v) is 20.5. The van der Waals surface area contributed by atoms with Crippen LogP contribution < -0.4 is 14.4 Å². The van der Waals surface area contributed by atoms with Crippen molar-refractivity contribution in [3.05, 3.63) is 89.4 Å². The monoisotopic (exact) mass is 823 g/mol. The first kappa shape index (κ1) is 40.7. The number of aliphatic carboxylic acids is 1. The third-order valence-electron chi connectivity index (χ3n) is 10.6. The minimum atomic E-state index is -4.35. The van der Waals surface area contributed by atoms with Gasteiger partial charge in [0.05, 0.1) is 17.9 Å². The molecule has 2 atom stereocenters. The van der Waals surface area contributed by atoms with Crippen LogP contribution in [0.2, 0.25) is 0 Å². The zero-order chi connectivity index (χ0) is 41.1. The number of hydrogen-bond donors (Lipinski definition) is 3. The summed E-state index contributed by atoms with van der Waals surface area (Å²) in [4.78, 5) is 37.2. The van der Waals surface area contributed by atoms with Gasteiger partial charge in [-0.15, -0.1) is 0 Å². The van der Waals surface area contributed by atoms with E-state index < -0.39 is 56.9 Å². The quantitative estimate of drug-likeness (QED) is 0.0760. The summed E-state index contributed by atoms with van der Waals surface area (Å²) in [6.45, 7) is 7.97. The van der Waals surface area contributed by atoms with Crippen LogP contribution in [0.1, 0.15) is 60.7 Å². The van der Waals surface area contributed by atoms with Gasteiger partial charge in [0.15, 0.2) is 11.6 Å². The summed E-state index contributed by atoms with van der Waals surface area (Å²) >= 11 is 0. The molecule has 0 amide bonds. The van der Waals surface area contributed by atoms with E-state index in [1.54, 1.807) is 18.3 Å². The lowest BCUT2D eigenvalue weighted by Gasteiger charge is -2.36. The molecule has 5 aromatic rings. The van der Waals surface area contributed by atoms with Crippen LogP contribution in [-0.2, 0) is 15.0 Å². The van der Waals surface area contributed by atoms with Crippen LogP contribution in [0.15, 0.2) is 65.4 Å². The maximum absolute atomic E-state index is 15.7. The number of hydrogen-bond acceptors (Lipinski definition) is 10. The molecule has 7 rings (SSSR count). The van der Waals surface area contributed by atoms with Crippen molar-refractivity contribution >= 4 is 44.4 Å². The smallest absolute Gasteiger partial charge is 0.314 e. The van der Waals surface area contributed by atoms with Gasteiger partial charge in [-0.05, 0) is 72.8 Å². The lowest BCUT2D eigenvalue weighted by molar-refractivity contribution is -0.140. The van der Waals surface area contributed by atoms with Crippen LogP contribution in [0, 0.1) is 17.6 Å². The molecule has 3 aromatic heterocycles. The number of fused-ring (bicyclic) bond motifs is 1. The van der Waals surface area contributed by atoms with Crippen molar-refractivity contribution in [3.8, 4) is 17.0 Å². The van der Waals surface area contributed by atoms with Gasteiger partial charge in [-0.2, -0.15) is 12.7 Å². The number of alkyl halides is 1. The van der Waals surface area contributed by atoms with Crippen molar-refractivity contribution in [2.45, 2.75) is 45.2 Å². The molecule has 3 N–H and O–H groups in total. The van der Waals surface area contributed by atoms with Gasteiger partial charge in [-0.25, -0.2) is 18.2 Å². The fraction of sp³-hybridized carbons (Fsp3) is 0.400. The second-order valence-electron chi connectivity index (χ2n) is 14.8. The zero-order valence-electron chi connectivity index (χ0n) is 32.0. The number of H-pyrrole nitrogens is 1. The summed E-state index contributed by atoms with van der Waals surface area (Å²) in [7, 11) is -4.35. The molecular weight excluding hydrogens is 780 g/mol. The number of ketones is 1. The number of ether oxygens (including phenoxy) is 1. The molecule has 0 bridgehead atoms. The molecule has 14 nitrogen and oxygen atoms in total. The molecule has 0 saturated carbocycles. The molecule has 0 radical (unpaired) electrons. The van der Waals surface area contributed by atoms with Gasteiger partial charge >= 0.3 is 16.2 Å². The largest absolute Gasteiger partial charge is 0.481 e. The van der Waals surface area contributed by atoms with Gasteiger partial charge in [-0.1, -0.05) is 26.0 Å². The molecule has 2 aliphatic rings. The number of unbranched alkanes of at least 4 members (excludes halogenated alkanes) is 1. The Balaban J connectivity index is 0.933. The van der Waals surface area contributed by atoms with Crippen LogP contribution in [0.4, 0.5) is 24.5 Å². The molecule has 2 aromatic carbocycles. The second kappa shape index (κ2) is 17.2. The molecule has 1 unspecified atom stereocenters. The predicted octanol–water partition coefficient (Wildman–Crippen LogP) is 6.23. The molecule has 2 fully saturated rings. The standard InChI is InChI=1S/C40H44F3N7O7S/c1-24(2)35(40(52)53)33-20-34(46-57-33)56-18-4-3-12-48-14-16-49(17-15-48)28-7-5-25(6-8-28)26-19-29-30(22-45-39(29)44-21-26)38(51)36-31(42)9-10-32(37(36)43)47-58(54,55)50-13-11-27(41)23-50/h5-10,19-22,24,27,35,47H,3-4,11-18,23H2,1-2H3,(H,44,45)(H,52,53)/t27-,35?/m1/s1. The van der Waals surface area contributed by atoms with Crippen LogP contribution >= 0.6 is 0 Å². The topological polar surface area (TPSA) is 174 Å². The number of carbonyl (C=O) groups excluding carboxylic acids is 1. The van der Waals surface area contributed by atoms with Crippen molar-refractivity contribution in [2.75, 3.05) is 62.0 Å². The van der Waals surface area contributed by atoms with E-state index >= 15 is 8.78 Å². The normalized spacial score (nSPS) is 17.3. The third kappa shape index (κ3) is 8.83. The van der Waals surface area contributed by atoms with Crippen LogP contribution in [-0.4, -0.2) is 108 Å². The van der Waals surface area contributed by atoms with Crippen molar-refractivity contribution in [1.29, 1.82) is 0 Å². The number of anilines is 2. The summed E-state index contributed by atoms with van der Waals surface area (Å²) < 4.78 is 83.7. The van der Waals surface area contributed by atoms with Crippen LogP contribution in [0.5, 0.6) is 5.88 Å². The number of pyridine rings is 1. The van der Waals surface area contributed by atoms with E-state index in [9.17, 15) is 27.5 Å². The number of nitrogens with zero attached hydrogens (tertiary/aromatic N) is 5. The molecule has 5 heterocycles. The van der Waals surface area contributed by atoms with E-state index in [2.05, 4.69) is 24.9 Å². The fourth-order valence-corrected chi connectivity index (χ4v) is 8.63. The molecule has 0 spiro atoms. The zero-order valence-corrected chi connectivity index (χ0v) is 32.8.